The third kappa shape index (κ3) is 4.67. The molecule has 0 unspecified atom stereocenters. The number of amides is 1. The molecule has 4 rings (SSSR count). The smallest absolute Gasteiger partial charge is 0.422 e. The van der Waals surface area contributed by atoms with Gasteiger partial charge in [-0.25, -0.2) is 13.8 Å². The Morgan fingerprint density at radius 3 is 2.72 bits per heavy atom. The maximum Gasteiger partial charge on any atom is 0.422 e. The first-order valence-corrected chi connectivity index (χ1v) is 9.80. The zero-order valence-electron chi connectivity index (χ0n) is 16.6. The number of hydrogen-bond acceptors (Lipinski definition) is 4. The molecule has 6 nitrogen and oxygen atoms in total. The van der Waals surface area contributed by atoms with Gasteiger partial charge in [0.05, 0.1) is 0 Å². The zero-order chi connectivity index (χ0) is 22.9. The molecule has 3 heterocycles. The van der Waals surface area contributed by atoms with Crippen LogP contribution in [0.25, 0.3) is 16.8 Å². The molecule has 1 saturated heterocycles. The molecular formula is C21H19F5N4O2. The van der Waals surface area contributed by atoms with Crippen LogP contribution < -0.4 is 15.4 Å². The molecule has 1 aliphatic heterocycles. The predicted molar refractivity (Wildman–Crippen MR) is 106 cm³/mol. The number of para-hydroxylation sites is 1. The van der Waals surface area contributed by atoms with E-state index in [1.165, 1.54) is 22.7 Å². The maximum absolute atomic E-state index is 14.1. The first kappa shape index (κ1) is 22.0. The summed E-state index contributed by atoms with van der Waals surface area (Å²) in [5, 5.41) is 5.14. The molecule has 0 bridgehead atoms. The first-order chi connectivity index (χ1) is 15.1. The zero-order valence-corrected chi connectivity index (χ0v) is 16.6. The fourth-order valence-corrected chi connectivity index (χ4v) is 3.52. The van der Waals surface area contributed by atoms with Crippen LogP contribution in [0.1, 0.15) is 16.9 Å². The van der Waals surface area contributed by atoms with Crippen molar-refractivity contribution >= 4 is 11.6 Å². The summed E-state index contributed by atoms with van der Waals surface area (Å²) in [4.78, 5) is 16.9. The standard InChI is InChI=1S/C21H19F5N4O2/c22-20(23)7-8-27-10-17(20)29-19(31)15-11-30-9-3-5-14(18(30)28-15)13-4-1-2-6-16(13)32-12-21(24,25)26/h1-6,9,11,17,27H,7-8,10,12H2,(H,29,31)/t17-/m1/s1. The number of ether oxygens (including phenoxy) is 1. The number of hydrogen-bond donors (Lipinski definition) is 2. The highest BCUT2D eigenvalue weighted by Crippen LogP contribution is 2.33. The van der Waals surface area contributed by atoms with Crippen LogP contribution in [-0.4, -0.2) is 53.1 Å². The molecule has 1 fully saturated rings. The lowest BCUT2D eigenvalue weighted by Crippen LogP contribution is -2.57. The number of alkyl halides is 5. The van der Waals surface area contributed by atoms with Gasteiger partial charge in [-0.3, -0.25) is 4.79 Å². The molecular weight excluding hydrogens is 435 g/mol. The number of aromatic nitrogens is 2. The Kier molecular flexibility index (Phi) is 5.76. The Balaban J connectivity index is 1.64. The van der Waals surface area contributed by atoms with Crippen LogP contribution in [0.15, 0.2) is 48.8 Å². The van der Waals surface area contributed by atoms with E-state index in [4.69, 9.17) is 4.74 Å². The van der Waals surface area contributed by atoms with Crippen LogP contribution in [0.2, 0.25) is 0 Å². The maximum atomic E-state index is 14.1. The van der Waals surface area contributed by atoms with Crippen molar-refractivity contribution in [2.45, 2.75) is 24.6 Å². The number of benzene rings is 1. The monoisotopic (exact) mass is 454 g/mol. The Hall–Kier alpha value is -3.21. The average molecular weight is 454 g/mol. The summed E-state index contributed by atoms with van der Waals surface area (Å²) in [6.45, 7) is -1.37. The van der Waals surface area contributed by atoms with Gasteiger partial charge in [0.15, 0.2) is 6.61 Å². The van der Waals surface area contributed by atoms with Crippen molar-refractivity contribution in [1.29, 1.82) is 0 Å². The van der Waals surface area contributed by atoms with E-state index in [-0.39, 0.29) is 36.6 Å². The number of imidazole rings is 1. The van der Waals surface area contributed by atoms with Crippen LogP contribution in [-0.2, 0) is 0 Å². The summed E-state index contributed by atoms with van der Waals surface area (Å²) in [5.74, 6) is -3.81. The Morgan fingerprint density at radius 2 is 1.97 bits per heavy atom. The van der Waals surface area contributed by atoms with Gasteiger partial charge >= 0.3 is 6.18 Å². The summed E-state index contributed by atoms with van der Waals surface area (Å²) in [5.41, 5.74) is 0.957. The molecule has 0 spiro atoms. The van der Waals surface area contributed by atoms with Crippen LogP contribution >= 0.6 is 0 Å². The van der Waals surface area contributed by atoms with Gasteiger partial charge in [-0.15, -0.1) is 0 Å². The fourth-order valence-electron chi connectivity index (χ4n) is 3.52. The van der Waals surface area contributed by atoms with Gasteiger partial charge in [-0.1, -0.05) is 18.2 Å². The quantitative estimate of drug-likeness (QED) is 0.578. The number of halogens is 5. The molecule has 170 valence electrons. The van der Waals surface area contributed by atoms with Crippen molar-refractivity contribution in [2.75, 3.05) is 19.7 Å². The molecule has 2 aromatic heterocycles. The van der Waals surface area contributed by atoms with Gasteiger partial charge in [0.25, 0.3) is 11.8 Å². The van der Waals surface area contributed by atoms with Crippen LogP contribution in [0, 0.1) is 0 Å². The molecule has 1 atom stereocenters. The summed E-state index contributed by atoms with van der Waals surface area (Å²) in [6.07, 6.45) is -1.92. The van der Waals surface area contributed by atoms with Crippen LogP contribution in [0.4, 0.5) is 22.0 Å². The number of rotatable bonds is 5. The largest absolute Gasteiger partial charge is 0.483 e. The highest BCUT2D eigenvalue weighted by molar-refractivity contribution is 5.94. The molecule has 1 aliphatic rings. The Morgan fingerprint density at radius 1 is 1.22 bits per heavy atom. The number of piperidine rings is 1. The van der Waals surface area contributed by atoms with E-state index in [0.29, 0.717) is 11.1 Å². The third-order valence-electron chi connectivity index (χ3n) is 5.08. The third-order valence-corrected chi connectivity index (χ3v) is 5.08. The Bertz CT molecular complexity index is 1130. The second-order valence-corrected chi connectivity index (χ2v) is 7.42. The number of carbonyl (C=O) groups is 1. The number of fused-ring (bicyclic) bond motifs is 1. The summed E-state index contributed by atoms with van der Waals surface area (Å²) in [7, 11) is 0. The van der Waals surface area contributed by atoms with E-state index in [0.717, 1.165) is 0 Å². The number of carbonyl (C=O) groups excluding carboxylic acids is 1. The minimum atomic E-state index is -4.51. The molecule has 3 aromatic rings. The molecule has 0 radical (unpaired) electrons. The Labute approximate surface area is 179 Å². The molecule has 0 saturated carbocycles. The van der Waals surface area contributed by atoms with Crippen molar-refractivity contribution in [3.8, 4) is 16.9 Å². The average Bonchev–Trinajstić information content (AvgIpc) is 3.18. The van der Waals surface area contributed by atoms with E-state index in [2.05, 4.69) is 15.6 Å². The molecule has 1 aromatic carbocycles. The molecule has 1 amide bonds. The lowest BCUT2D eigenvalue weighted by Gasteiger charge is -2.32. The van der Waals surface area contributed by atoms with E-state index >= 15 is 0 Å². The second kappa shape index (κ2) is 8.38. The highest BCUT2D eigenvalue weighted by Gasteiger charge is 2.42. The van der Waals surface area contributed by atoms with Gasteiger partial charge in [0.2, 0.25) is 0 Å². The fraction of sp³-hybridized carbons (Fsp3) is 0.333. The van der Waals surface area contributed by atoms with E-state index < -0.39 is 30.7 Å². The van der Waals surface area contributed by atoms with Crippen LogP contribution in [0.5, 0.6) is 5.75 Å². The van der Waals surface area contributed by atoms with Gasteiger partial charge in [-0.2, -0.15) is 13.2 Å². The topological polar surface area (TPSA) is 67.7 Å². The minimum Gasteiger partial charge on any atom is -0.483 e. The number of pyridine rings is 1. The van der Waals surface area contributed by atoms with Crippen molar-refractivity contribution < 1.29 is 31.5 Å². The minimum absolute atomic E-state index is 0.000140. The number of nitrogens with zero attached hydrogens (tertiary/aromatic N) is 2. The second-order valence-electron chi connectivity index (χ2n) is 7.42. The highest BCUT2D eigenvalue weighted by atomic mass is 19.4. The normalized spacial score (nSPS) is 18.5. The predicted octanol–water partition coefficient (Wildman–Crippen LogP) is 3.67. The molecule has 2 N–H and O–H groups in total. The van der Waals surface area contributed by atoms with Gasteiger partial charge < -0.3 is 19.8 Å². The summed E-state index contributed by atoms with van der Waals surface area (Å²) < 4.78 is 72.4. The van der Waals surface area contributed by atoms with Crippen molar-refractivity contribution in [3.63, 3.8) is 0 Å². The summed E-state index contributed by atoms with van der Waals surface area (Å²) >= 11 is 0. The van der Waals surface area contributed by atoms with Crippen molar-refractivity contribution in [2.24, 2.45) is 0 Å². The van der Waals surface area contributed by atoms with E-state index in [9.17, 15) is 26.7 Å². The SMILES string of the molecule is O=C(N[C@@H]1CNCCC1(F)F)c1cn2cccc(-c3ccccc3OCC(F)(F)F)c2n1. The molecule has 11 heteroatoms. The van der Waals surface area contributed by atoms with E-state index in [1.807, 2.05) is 0 Å². The lowest BCUT2D eigenvalue weighted by molar-refractivity contribution is -0.153. The van der Waals surface area contributed by atoms with Gasteiger partial charge in [0, 0.05) is 43.0 Å². The van der Waals surface area contributed by atoms with Crippen molar-refractivity contribution in [1.82, 2.24) is 20.0 Å². The molecule has 0 aliphatic carbocycles. The first-order valence-electron chi connectivity index (χ1n) is 9.80. The molecule has 32 heavy (non-hydrogen) atoms. The van der Waals surface area contributed by atoms with Gasteiger partial charge in [0.1, 0.15) is 23.1 Å². The van der Waals surface area contributed by atoms with Crippen LogP contribution in [0.3, 0.4) is 0 Å². The number of nitrogens with one attached hydrogen (secondary N) is 2. The van der Waals surface area contributed by atoms with Gasteiger partial charge in [-0.05, 0) is 18.2 Å². The van der Waals surface area contributed by atoms with Crippen molar-refractivity contribution in [3.05, 3.63) is 54.5 Å². The lowest BCUT2D eigenvalue weighted by atomic mass is 10.0. The summed E-state index contributed by atoms with van der Waals surface area (Å²) in [6, 6.07) is 8.03. The van der Waals surface area contributed by atoms with E-state index in [1.54, 1.807) is 30.5 Å².